The van der Waals surface area contributed by atoms with E-state index in [1.54, 1.807) is 0 Å². The van der Waals surface area contributed by atoms with Crippen LogP contribution in [0.3, 0.4) is 0 Å². The number of morpholine rings is 1. The van der Waals surface area contributed by atoms with Crippen molar-refractivity contribution in [3.63, 3.8) is 0 Å². The first-order chi connectivity index (χ1) is 67.1. The number of aromatic hydroxyl groups is 5. The summed E-state index contributed by atoms with van der Waals surface area (Å²) in [4.78, 5) is 94.5. The number of benzene rings is 5. The Kier molecular flexibility index (Phi) is 51.4. The van der Waals surface area contributed by atoms with E-state index < -0.39 is 50.3 Å². The molecule has 45 heteroatoms. The van der Waals surface area contributed by atoms with Gasteiger partial charge in [0.1, 0.15) is 77.8 Å². The zero-order valence-corrected chi connectivity index (χ0v) is 93.5. The lowest BCUT2D eigenvalue weighted by Crippen LogP contribution is -3.00. The second kappa shape index (κ2) is 58.6. The second-order valence-electron chi connectivity index (χ2n) is 37.3. The van der Waals surface area contributed by atoms with Gasteiger partial charge in [0.2, 0.25) is 20.8 Å². The summed E-state index contributed by atoms with van der Waals surface area (Å²) >= 11 is 0. The highest BCUT2D eigenvalue weighted by molar-refractivity contribution is 7.80. The fourth-order valence-corrected chi connectivity index (χ4v) is 14.3. The topological polar surface area (TPSA) is 521 Å². The van der Waals surface area contributed by atoms with Gasteiger partial charge in [0, 0.05) is 73.5 Å². The van der Waals surface area contributed by atoms with Crippen molar-refractivity contribution >= 4 is 104 Å². The maximum absolute atomic E-state index is 12.7. The summed E-state index contributed by atoms with van der Waals surface area (Å²) in [5.41, 5.74) is 9.35. The van der Waals surface area contributed by atoms with Crippen molar-refractivity contribution in [2.24, 2.45) is 0 Å². The molecule has 5 aromatic heterocycles. The molecule has 146 heavy (non-hydrogen) atoms. The van der Waals surface area contributed by atoms with Crippen molar-refractivity contribution < 1.29 is 188 Å². The fourth-order valence-electron chi connectivity index (χ4n) is 13.9. The Morgan fingerprint density at radius 3 is 0.733 bits per heavy atom. The molecule has 10 N–H and O–H groups in total. The van der Waals surface area contributed by atoms with Crippen molar-refractivity contribution in [2.45, 2.75) is 88.1 Å². The molecule has 11 rings (SSSR count). The van der Waals surface area contributed by atoms with Gasteiger partial charge in [-0.05, 0) is 85.7 Å². The van der Waals surface area contributed by atoms with Gasteiger partial charge in [-0.25, -0.2) is 51.5 Å². The molecule has 5 amide bonds. The molecular formula is C101H141I2N15O26S2. The Balaban J connectivity index is 0.000000452. The van der Waals surface area contributed by atoms with Gasteiger partial charge in [-0.15, -0.1) is 8.67 Å². The third kappa shape index (κ3) is 42.5. The Bertz CT molecular complexity index is 6210. The SMILES string of the molecule is C=C(CNC(=O)c1nc(CN2CCOCC2)c2cc(C)ccc2c1O)OCC.C=C(CNC(=O)c1nc(C[N+](C)(C)C)c2cc(C)ccc2c1O)OC.C=C(CNC(=O)c1nc(C[N+](C)(C)C)c2cc(C)ccc2c1O)OC.C=C(CNC(=O)c1nc(C[N+](C)(C)C)c2cc(C)ccc2c1O)OCC.C=C(CNC(=O)c1nc(C[N+](C)(C)C)c2cc(C)ccc2c1O)OCC.COOS(=O)(=O)[O-].COOS(=O)(=O)[O-].[I-].[I-]. The quantitative estimate of drug-likeness (QED) is 0.00484. The van der Waals surface area contributed by atoms with Crippen molar-refractivity contribution in [1.29, 1.82) is 0 Å². The number of rotatable bonds is 37. The molecule has 1 aliphatic heterocycles. The summed E-state index contributed by atoms with van der Waals surface area (Å²) < 4.78 is 95.9. The lowest BCUT2D eigenvalue weighted by atomic mass is 10.0. The van der Waals surface area contributed by atoms with E-state index in [0.29, 0.717) is 139 Å². The highest BCUT2D eigenvalue weighted by Crippen LogP contribution is 2.38. The Hall–Kier alpha value is -11.9. The number of carbonyl (C=O) groups excluding carboxylic acids is 5. The molecule has 1 fully saturated rings. The van der Waals surface area contributed by atoms with Crippen LogP contribution in [0.2, 0.25) is 0 Å². The van der Waals surface area contributed by atoms with Crippen LogP contribution in [0.4, 0.5) is 0 Å². The molecule has 10 aromatic rings. The van der Waals surface area contributed by atoms with Crippen LogP contribution in [0.25, 0.3) is 53.9 Å². The van der Waals surface area contributed by atoms with Gasteiger partial charge < -0.3 is 156 Å². The van der Waals surface area contributed by atoms with Crippen LogP contribution in [-0.2, 0) is 100 Å². The first-order valence-corrected chi connectivity index (χ1v) is 48.0. The first-order valence-electron chi connectivity index (χ1n) is 45.4. The summed E-state index contributed by atoms with van der Waals surface area (Å²) in [5.74, 6) is -0.581. The number of aryl methyl sites for hydroxylation is 5. The van der Waals surface area contributed by atoms with Crippen LogP contribution < -0.4 is 74.5 Å². The molecule has 5 aromatic carbocycles. The molecule has 1 aliphatic rings. The lowest BCUT2D eigenvalue weighted by Gasteiger charge is -2.27. The predicted octanol–water partition coefficient (Wildman–Crippen LogP) is 4.58. The van der Waals surface area contributed by atoms with Gasteiger partial charge in [-0.1, -0.05) is 121 Å². The zero-order valence-electron chi connectivity index (χ0n) is 87.6. The van der Waals surface area contributed by atoms with Crippen molar-refractivity contribution in [2.75, 3.05) is 192 Å². The minimum Gasteiger partial charge on any atom is -1.00 e. The van der Waals surface area contributed by atoms with E-state index in [-0.39, 0.29) is 138 Å². The number of aromatic nitrogens is 5. The smallest absolute Gasteiger partial charge is 0.274 e. The van der Waals surface area contributed by atoms with Gasteiger partial charge in [0.05, 0.1) is 184 Å². The maximum atomic E-state index is 12.7. The predicted molar refractivity (Wildman–Crippen MR) is 546 cm³/mol. The minimum absolute atomic E-state index is 0. The van der Waals surface area contributed by atoms with E-state index in [4.69, 9.17) is 28.4 Å². The minimum atomic E-state index is -4.65. The fraction of sp³-hybridized carbons (Fsp3) is 0.406. The number of hydrogen-bond acceptors (Lipinski definition) is 32. The Morgan fingerprint density at radius 1 is 0.356 bits per heavy atom. The average Bonchev–Trinajstić information content (AvgIpc) is 0.784. The van der Waals surface area contributed by atoms with Crippen LogP contribution in [-0.4, -0.2) is 321 Å². The standard InChI is InChI=1S/C21H27N3O4.2C20H27N3O3.2C19H25N3O3.2CH4O5S.2HI/c1-4-28-15(3)12-22-21(26)19-20(25)16-6-5-14(2)11-17(16)18(23-19)13-24-7-9-27-10-8-24;2*1-7-26-14(3)11-21-20(25)18-19(24)15-9-8-13(2)10-16(15)17(22-18)12-23(4,5)6;2*1-12-7-8-14-15(9-12)16(11-22(3,4)5)21-17(18(14)23)19(24)20-10-13(2)25-6;2*1-5-6-7(2,3)4;;/h5-6,11,25H,3-4,7-10,12-13H2,1-2H3,(H,22,26);2*8-10H,3,7,11-12H2,1-2,4-6H3,(H-,21,24,25);2*7-9H,2,10-11H2,1,3-6H3,(H-,20,23,24);2*1H3,(H,2,3,4);2*1H. The lowest BCUT2D eigenvalue weighted by molar-refractivity contribution is -0.884. The molecule has 0 bridgehead atoms. The van der Waals surface area contributed by atoms with Crippen molar-refractivity contribution in [3.8, 4) is 28.7 Å². The maximum Gasteiger partial charge on any atom is 0.274 e. The summed E-state index contributed by atoms with van der Waals surface area (Å²) in [5, 5.41) is 74.0. The number of amides is 5. The molecule has 0 unspecified atom stereocenters. The van der Waals surface area contributed by atoms with E-state index in [9.17, 15) is 75.4 Å². The zero-order chi connectivity index (χ0) is 108. The second-order valence-corrected chi connectivity index (χ2v) is 39.2. The van der Waals surface area contributed by atoms with Crippen LogP contribution in [0.15, 0.2) is 153 Å². The van der Waals surface area contributed by atoms with Gasteiger partial charge >= 0.3 is 0 Å². The van der Waals surface area contributed by atoms with E-state index in [1.165, 1.54) is 14.2 Å². The van der Waals surface area contributed by atoms with E-state index in [1.807, 2.05) is 146 Å². The number of fused-ring (bicyclic) bond motifs is 5. The molecule has 41 nitrogen and oxygen atoms in total. The van der Waals surface area contributed by atoms with E-state index in [2.05, 4.69) is 192 Å². The normalized spacial score (nSPS) is 11.9. The molecule has 802 valence electrons. The van der Waals surface area contributed by atoms with Crippen molar-refractivity contribution in [1.82, 2.24) is 56.4 Å². The van der Waals surface area contributed by atoms with Crippen molar-refractivity contribution in [3.05, 3.63) is 237 Å². The largest absolute Gasteiger partial charge is 1.00 e. The summed E-state index contributed by atoms with van der Waals surface area (Å²) in [6.07, 6.45) is 0. The molecule has 0 radical (unpaired) electrons. The summed E-state index contributed by atoms with van der Waals surface area (Å²) in [6.45, 7) is 42.4. The number of halogens is 2. The average molecular weight is 2300 g/mol. The number of ether oxygens (including phenoxy) is 6. The molecule has 0 aliphatic carbocycles. The van der Waals surface area contributed by atoms with Gasteiger partial charge in [-0.3, -0.25) is 28.9 Å². The van der Waals surface area contributed by atoms with Crippen LogP contribution in [0, 0.1) is 34.6 Å². The number of carbonyl (C=O) groups is 5. The molecular weight excluding hydrogens is 2160 g/mol. The Labute approximate surface area is 888 Å². The van der Waals surface area contributed by atoms with Gasteiger partial charge in [-0.2, -0.15) is 0 Å². The molecule has 0 atom stereocenters. The van der Waals surface area contributed by atoms with Crippen LogP contribution in [0.5, 0.6) is 28.7 Å². The molecule has 6 heterocycles. The van der Waals surface area contributed by atoms with E-state index in [0.717, 1.165) is 111 Å². The Morgan fingerprint density at radius 2 is 0.555 bits per heavy atom. The number of nitrogens with zero attached hydrogens (tertiary/aromatic N) is 10. The third-order valence-electron chi connectivity index (χ3n) is 20.3. The molecule has 1 saturated heterocycles. The van der Waals surface area contributed by atoms with Gasteiger partial charge in [0.25, 0.3) is 29.5 Å². The number of nitrogens with one attached hydrogen (secondary N) is 5. The molecule has 0 spiro atoms. The molecule has 0 saturated carbocycles. The summed E-state index contributed by atoms with van der Waals surface area (Å²) in [7, 11) is 20.2. The van der Waals surface area contributed by atoms with Crippen LogP contribution in [0.1, 0.15) is 130 Å². The van der Waals surface area contributed by atoms with Crippen LogP contribution >= 0.6 is 0 Å². The number of hydrogen-bond donors (Lipinski definition) is 10. The number of pyridine rings is 5. The first kappa shape index (κ1) is 128. The highest BCUT2D eigenvalue weighted by atomic mass is 127. The monoisotopic (exact) mass is 2300 g/mol. The summed E-state index contributed by atoms with van der Waals surface area (Å²) in [6, 6.07) is 28.7. The number of methoxy groups -OCH3 is 2. The third-order valence-corrected chi connectivity index (χ3v) is 20.9. The van der Waals surface area contributed by atoms with Gasteiger partial charge in [0.15, 0.2) is 57.2 Å². The number of quaternary nitrogens is 4. The van der Waals surface area contributed by atoms with E-state index >= 15 is 0 Å². The highest BCUT2D eigenvalue weighted by Gasteiger charge is 2.30.